The lowest BCUT2D eigenvalue weighted by Gasteiger charge is -2.11. The van der Waals surface area contributed by atoms with Crippen LogP contribution in [-0.4, -0.2) is 26.2 Å². The van der Waals surface area contributed by atoms with Crippen molar-refractivity contribution < 1.29 is 14.2 Å². The Morgan fingerprint density at radius 1 is 1.38 bits per heavy atom. The van der Waals surface area contributed by atoms with Crippen molar-refractivity contribution in [2.24, 2.45) is 0 Å². The van der Waals surface area contributed by atoms with Crippen LogP contribution in [0.5, 0.6) is 11.5 Å². The fraction of sp³-hybridized carbons (Fsp3) is 0.364. The van der Waals surface area contributed by atoms with Gasteiger partial charge in [-0.25, -0.2) is 0 Å². The van der Waals surface area contributed by atoms with Crippen LogP contribution in [0, 0.1) is 5.41 Å². The van der Waals surface area contributed by atoms with Crippen molar-refractivity contribution in [3.05, 3.63) is 22.7 Å². The molecule has 1 heterocycles. The molecule has 0 atom stereocenters. The van der Waals surface area contributed by atoms with Gasteiger partial charge in [-0.3, -0.25) is 5.41 Å². The highest BCUT2D eigenvalue weighted by atomic mass is 35.5. The minimum Gasteiger partial charge on any atom is -0.489 e. The zero-order chi connectivity index (χ0) is 11.5. The van der Waals surface area contributed by atoms with Crippen LogP contribution >= 0.6 is 11.6 Å². The Kier molecular flexibility index (Phi) is 3.19. The maximum absolute atomic E-state index is 7.57. The molecule has 1 aromatic rings. The number of ether oxygens (including phenoxy) is 3. The number of rotatable bonds is 1. The highest BCUT2D eigenvalue weighted by Crippen LogP contribution is 2.38. The normalized spacial score (nSPS) is 14.1. The van der Waals surface area contributed by atoms with Crippen molar-refractivity contribution in [1.29, 1.82) is 5.41 Å². The van der Waals surface area contributed by atoms with Gasteiger partial charge in [0.1, 0.15) is 0 Å². The van der Waals surface area contributed by atoms with E-state index in [1.54, 1.807) is 12.1 Å². The van der Waals surface area contributed by atoms with Gasteiger partial charge in [0.25, 0.3) is 0 Å². The molecule has 1 N–H and O–H groups in total. The van der Waals surface area contributed by atoms with E-state index in [-0.39, 0.29) is 5.90 Å². The van der Waals surface area contributed by atoms with Crippen LogP contribution in [0.25, 0.3) is 0 Å². The Bertz CT molecular complexity index is 420. The molecule has 0 bridgehead atoms. The van der Waals surface area contributed by atoms with Crippen molar-refractivity contribution in [3.63, 3.8) is 0 Å². The maximum Gasteiger partial charge on any atom is 0.213 e. The molecule has 0 saturated carbocycles. The molecule has 5 heteroatoms. The van der Waals surface area contributed by atoms with E-state index in [1.807, 2.05) is 0 Å². The monoisotopic (exact) mass is 241 g/mol. The molecule has 4 nitrogen and oxygen atoms in total. The van der Waals surface area contributed by atoms with Crippen LogP contribution in [-0.2, 0) is 4.74 Å². The van der Waals surface area contributed by atoms with E-state index in [0.717, 1.165) is 6.42 Å². The van der Waals surface area contributed by atoms with Gasteiger partial charge in [-0.05, 0) is 12.1 Å². The van der Waals surface area contributed by atoms with Crippen molar-refractivity contribution in [2.45, 2.75) is 6.42 Å². The Morgan fingerprint density at radius 3 is 2.88 bits per heavy atom. The second kappa shape index (κ2) is 4.61. The number of halogens is 1. The largest absolute Gasteiger partial charge is 0.489 e. The molecule has 0 spiro atoms. The van der Waals surface area contributed by atoms with Gasteiger partial charge in [-0.1, -0.05) is 11.6 Å². The maximum atomic E-state index is 7.57. The molecule has 0 unspecified atom stereocenters. The Labute approximate surface area is 98.6 Å². The van der Waals surface area contributed by atoms with E-state index in [9.17, 15) is 0 Å². The van der Waals surface area contributed by atoms with Gasteiger partial charge in [-0.15, -0.1) is 0 Å². The molecular weight excluding hydrogens is 230 g/mol. The van der Waals surface area contributed by atoms with Crippen LogP contribution in [0.3, 0.4) is 0 Å². The Morgan fingerprint density at radius 2 is 2.12 bits per heavy atom. The third kappa shape index (κ3) is 2.07. The van der Waals surface area contributed by atoms with Gasteiger partial charge in [0.2, 0.25) is 5.90 Å². The lowest BCUT2D eigenvalue weighted by Crippen LogP contribution is -2.02. The summed E-state index contributed by atoms with van der Waals surface area (Å²) >= 11 is 6.06. The average Bonchev–Trinajstić information content (AvgIpc) is 2.53. The first kappa shape index (κ1) is 11.1. The summed E-state index contributed by atoms with van der Waals surface area (Å²) in [5.41, 5.74) is 0.580. The molecule has 16 heavy (non-hydrogen) atoms. The van der Waals surface area contributed by atoms with Gasteiger partial charge < -0.3 is 14.2 Å². The number of fused-ring (bicyclic) bond motifs is 1. The Hall–Kier alpha value is -1.42. The molecule has 0 saturated heterocycles. The summed E-state index contributed by atoms with van der Waals surface area (Å²) in [5, 5.41) is 8.01. The fourth-order valence-electron chi connectivity index (χ4n) is 1.48. The summed E-state index contributed by atoms with van der Waals surface area (Å²) in [6.07, 6.45) is 0.821. The van der Waals surface area contributed by atoms with Gasteiger partial charge in [0, 0.05) is 12.0 Å². The predicted octanol–water partition coefficient (Wildman–Crippen LogP) is 2.47. The van der Waals surface area contributed by atoms with Gasteiger partial charge in [0.15, 0.2) is 11.5 Å². The molecule has 1 aliphatic rings. The second-order valence-corrected chi connectivity index (χ2v) is 3.78. The molecule has 0 radical (unpaired) electrons. The molecule has 0 aliphatic carbocycles. The number of benzene rings is 1. The SMILES string of the molecule is COC(=N)c1cc(Cl)c2c(c1)OCCCO2. The minimum atomic E-state index is 0.0533. The van der Waals surface area contributed by atoms with E-state index < -0.39 is 0 Å². The molecule has 2 rings (SSSR count). The summed E-state index contributed by atoms with van der Waals surface area (Å²) in [5.74, 6) is 1.17. The average molecular weight is 242 g/mol. The van der Waals surface area contributed by atoms with E-state index in [1.165, 1.54) is 7.11 Å². The van der Waals surface area contributed by atoms with Crippen LogP contribution in [0.15, 0.2) is 12.1 Å². The number of methoxy groups -OCH3 is 1. The predicted molar refractivity (Wildman–Crippen MR) is 60.9 cm³/mol. The van der Waals surface area contributed by atoms with E-state index in [4.69, 9.17) is 31.2 Å². The van der Waals surface area contributed by atoms with E-state index in [0.29, 0.717) is 35.3 Å². The van der Waals surface area contributed by atoms with Crippen molar-refractivity contribution in [2.75, 3.05) is 20.3 Å². The quantitative estimate of drug-likeness (QED) is 0.607. The highest BCUT2D eigenvalue weighted by Gasteiger charge is 2.17. The van der Waals surface area contributed by atoms with E-state index in [2.05, 4.69) is 0 Å². The number of hydrogen-bond acceptors (Lipinski definition) is 4. The summed E-state index contributed by atoms with van der Waals surface area (Å²) in [6.45, 7) is 1.18. The highest BCUT2D eigenvalue weighted by molar-refractivity contribution is 6.32. The summed E-state index contributed by atoms with van der Waals surface area (Å²) in [6, 6.07) is 3.35. The summed E-state index contributed by atoms with van der Waals surface area (Å²) in [7, 11) is 1.44. The van der Waals surface area contributed by atoms with Crippen LogP contribution in [0.4, 0.5) is 0 Å². The topological polar surface area (TPSA) is 51.5 Å². The van der Waals surface area contributed by atoms with Gasteiger partial charge in [0.05, 0.1) is 25.3 Å². The molecule has 0 fully saturated rings. The number of hydrogen-bond donors (Lipinski definition) is 1. The number of nitrogens with one attached hydrogen (secondary N) is 1. The zero-order valence-electron chi connectivity index (χ0n) is 8.88. The van der Waals surface area contributed by atoms with Crippen molar-refractivity contribution in [1.82, 2.24) is 0 Å². The molecule has 0 aromatic heterocycles. The molecular formula is C11H12ClNO3. The lowest BCUT2D eigenvalue weighted by molar-refractivity contribution is 0.297. The lowest BCUT2D eigenvalue weighted by atomic mass is 10.2. The van der Waals surface area contributed by atoms with Gasteiger partial charge in [-0.2, -0.15) is 0 Å². The molecule has 86 valence electrons. The first-order valence-corrected chi connectivity index (χ1v) is 5.32. The van der Waals surface area contributed by atoms with Crippen LogP contribution < -0.4 is 9.47 Å². The molecule has 0 amide bonds. The second-order valence-electron chi connectivity index (χ2n) is 3.37. The molecule has 1 aromatic carbocycles. The fourth-order valence-corrected chi connectivity index (χ4v) is 1.74. The van der Waals surface area contributed by atoms with Crippen LogP contribution in [0.1, 0.15) is 12.0 Å². The van der Waals surface area contributed by atoms with Crippen LogP contribution in [0.2, 0.25) is 5.02 Å². The minimum absolute atomic E-state index is 0.0533. The van der Waals surface area contributed by atoms with E-state index >= 15 is 0 Å². The summed E-state index contributed by atoms with van der Waals surface area (Å²) in [4.78, 5) is 0. The smallest absolute Gasteiger partial charge is 0.213 e. The summed E-state index contributed by atoms with van der Waals surface area (Å²) < 4.78 is 15.8. The van der Waals surface area contributed by atoms with Crippen molar-refractivity contribution in [3.8, 4) is 11.5 Å². The third-order valence-corrected chi connectivity index (χ3v) is 2.55. The first-order valence-electron chi connectivity index (χ1n) is 4.94. The molecule has 1 aliphatic heterocycles. The standard InChI is InChI=1S/C11H12ClNO3/c1-14-11(13)7-5-8(12)10-9(6-7)15-3-2-4-16-10/h5-6,13H,2-4H2,1H3. The van der Waals surface area contributed by atoms with Gasteiger partial charge >= 0.3 is 0 Å². The zero-order valence-corrected chi connectivity index (χ0v) is 9.63. The first-order chi connectivity index (χ1) is 7.72. The van der Waals surface area contributed by atoms with Crippen molar-refractivity contribution >= 4 is 17.5 Å². The Balaban J connectivity index is 2.43. The third-order valence-electron chi connectivity index (χ3n) is 2.27.